The van der Waals surface area contributed by atoms with E-state index in [1.807, 2.05) is 50.4 Å². The van der Waals surface area contributed by atoms with Crippen molar-refractivity contribution in [1.29, 1.82) is 0 Å². The van der Waals surface area contributed by atoms with Crippen LogP contribution in [0.1, 0.15) is 21.7 Å². The molecule has 0 radical (unpaired) electrons. The highest BCUT2D eigenvalue weighted by molar-refractivity contribution is 7.98. The van der Waals surface area contributed by atoms with Gasteiger partial charge in [-0.25, -0.2) is 4.68 Å². The molecule has 1 amide bonds. The molecule has 5 nitrogen and oxygen atoms in total. The molecule has 0 unspecified atom stereocenters. The van der Waals surface area contributed by atoms with Crippen molar-refractivity contribution in [3.63, 3.8) is 0 Å². The SMILES string of the molecule is CSc1cccc(-n2nnc(C(=O)Nc3cc(Cl)ccc3C)c2C)c1. The lowest BCUT2D eigenvalue weighted by atomic mass is 10.2. The van der Waals surface area contributed by atoms with Crippen molar-refractivity contribution in [2.45, 2.75) is 18.7 Å². The molecule has 0 aliphatic heterocycles. The van der Waals surface area contributed by atoms with Gasteiger partial charge in [0, 0.05) is 15.6 Å². The number of aromatic nitrogens is 3. The first-order valence-electron chi connectivity index (χ1n) is 7.64. The number of anilines is 1. The second-order valence-electron chi connectivity index (χ2n) is 5.55. The Bertz CT molecular complexity index is 939. The summed E-state index contributed by atoms with van der Waals surface area (Å²) in [6, 6.07) is 13.3. The molecule has 0 aliphatic carbocycles. The van der Waals surface area contributed by atoms with Crippen LogP contribution in [0.4, 0.5) is 5.69 Å². The Kier molecular flexibility index (Phi) is 5.11. The van der Waals surface area contributed by atoms with Crippen LogP contribution in [0.2, 0.25) is 5.02 Å². The maximum atomic E-state index is 12.6. The number of halogens is 1. The van der Waals surface area contributed by atoms with Gasteiger partial charge in [-0.15, -0.1) is 16.9 Å². The molecule has 1 N–H and O–H groups in total. The molecule has 7 heteroatoms. The van der Waals surface area contributed by atoms with E-state index in [1.54, 1.807) is 28.6 Å². The van der Waals surface area contributed by atoms with E-state index in [-0.39, 0.29) is 11.6 Å². The second-order valence-corrected chi connectivity index (χ2v) is 6.87. The van der Waals surface area contributed by atoms with Crippen LogP contribution in [-0.4, -0.2) is 27.2 Å². The van der Waals surface area contributed by atoms with E-state index in [9.17, 15) is 4.79 Å². The maximum Gasteiger partial charge on any atom is 0.278 e. The highest BCUT2D eigenvalue weighted by Crippen LogP contribution is 2.22. The van der Waals surface area contributed by atoms with Crippen molar-refractivity contribution in [1.82, 2.24) is 15.0 Å². The van der Waals surface area contributed by atoms with Gasteiger partial charge in [0.15, 0.2) is 5.69 Å². The van der Waals surface area contributed by atoms with E-state index >= 15 is 0 Å². The normalized spacial score (nSPS) is 10.7. The molecule has 1 heterocycles. The van der Waals surface area contributed by atoms with Crippen molar-refractivity contribution in [3.8, 4) is 5.69 Å². The topological polar surface area (TPSA) is 59.8 Å². The summed E-state index contributed by atoms with van der Waals surface area (Å²) in [7, 11) is 0. The molecule has 0 fully saturated rings. The monoisotopic (exact) mass is 372 g/mol. The number of nitrogens with one attached hydrogen (secondary N) is 1. The minimum Gasteiger partial charge on any atom is -0.320 e. The molecule has 3 rings (SSSR count). The third-order valence-corrected chi connectivity index (χ3v) is 4.82. The molecule has 0 atom stereocenters. The quantitative estimate of drug-likeness (QED) is 0.684. The standard InChI is InChI=1S/C18H17ClN4OS/c1-11-7-8-13(19)9-16(11)20-18(24)17-12(2)23(22-21-17)14-5-4-6-15(10-14)25-3/h4-10H,1-3H3,(H,20,24). The molecular weight excluding hydrogens is 356 g/mol. The van der Waals surface area contributed by atoms with Gasteiger partial charge in [0.25, 0.3) is 5.91 Å². The number of thioether (sulfide) groups is 1. The number of benzene rings is 2. The van der Waals surface area contributed by atoms with E-state index in [0.29, 0.717) is 16.4 Å². The first-order chi connectivity index (χ1) is 12.0. The fourth-order valence-corrected chi connectivity index (χ4v) is 3.06. The lowest BCUT2D eigenvalue weighted by molar-refractivity contribution is 0.102. The van der Waals surface area contributed by atoms with Gasteiger partial charge in [-0.05, 0) is 56.0 Å². The van der Waals surface area contributed by atoms with Crippen LogP contribution in [0, 0.1) is 13.8 Å². The predicted molar refractivity (Wildman–Crippen MR) is 102 cm³/mol. The minimum absolute atomic E-state index is 0.286. The molecule has 25 heavy (non-hydrogen) atoms. The number of aryl methyl sites for hydroxylation is 1. The molecule has 0 bridgehead atoms. The Morgan fingerprint density at radius 1 is 1.20 bits per heavy atom. The Morgan fingerprint density at radius 3 is 2.76 bits per heavy atom. The molecule has 1 aromatic heterocycles. The zero-order valence-corrected chi connectivity index (χ0v) is 15.6. The molecule has 0 aliphatic rings. The average molecular weight is 373 g/mol. The fourth-order valence-electron chi connectivity index (χ4n) is 2.44. The zero-order chi connectivity index (χ0) is 18.0. The Hall–Kier alpha value is -2.31. The second kappa shape index (κ2) is 7.29. The van der Waals surface area contributed by atoms with Crippen molar-refractivity contribution in [3.05, 3.63) is 64.4 Å². The van der Waals surface area contributed by atoms with E-state index in [4.69, 9.17) is 11.6 Å². The summed E-state index contributed by atoms with van der Waals surface area (Å²) >= 11 is 7.65. The van der Waals surface area contributed by atoms with Crippen LogP contribution < -0.4 is 5.32 Å². The number of rotatable bonds is 4. The smallest absolute Gasteiger partial charge is 0.278 e. The van der Waals surface area contributed by atoms with E-state index in [1.165, 1.54) is 0 Å². The van der Waals surface area contributed by atoms with Gasteiger partial charge in [-0.3, -0.25) is 4.79 Å². The third kappa shape index (κ3) is 3.70. The van der Waals surface area contributed by atoms with Gasteiger partial charge in [-0.1, -0.05) is 28.9 Å². The fraction of sp³-hybridized carbons (Fsp3) is 0.167. The van der Waals surface area contributed by atoms with Gasteiger partial charge in [0.1, 0.15) is 0 Å². The highest BCUT2D eigenvalue weighted by atomic mass is 35.5. The van der Waals surface area contributed by atoms with E-state index in [2.05, 4.69) is 15.6 Å². The van der Waals surface area contributed by atoms with Crippen LogP contribution in [0.5, 0.6) is 0 Å². The van der Waals surface area contributed by atoms with Gasteiger partial charge < -0.3 is 5.32 Å². The van der Waals surface area contributed by atoms with Gasteiger partial charge >= 0.3 is 0 Å². The van der Waals surface area contributed by atoms with E-state index in [0.717, 1.165) is 16.1 Å². The number of nitrogens with zero attached hydrogens (tertiary/aromatic N) is 3. The summed E-state index contributed by atoms with van der Waals surface area (Å²) in [6.45, 7) is 3.73. The van der Waals surface area contributed by atoms with Crippen LogP contribution in [0.15, 0.2) is 47.4 Å². The lowest BCUT2D eigenvalue weighted by Gasteiger charge is -2.08. The first-order valence-corrected chi connectivity index (χ1v) is 9.24. The Balaban J connectivity index is 1.90. The summed E-state index contributed by atoms with van der Waals surface area (Å²) in [6.07, 6.45) is 2.01. The zero-order valence-electron chi connectivity index (χ0n) is 14.1. The lowest BCUT2D eigenvalue weighted by Crippen LogP contribution is -2.15. The van der Waals surface area contributed by atoms with Gasteiger partial charge in [0.2, 0.25) is 0 Å². The number of hydrogen-bond donors (Lipinski definition) is 1. The number of carbonyl (C=O) groups excluding carboxylic acids is 1. The molecular formula is C18H17ClN4OS. The first kappa shape index (κ1) is 17.5. The van der Waals surface area contributed by atoms with E-state index < -0.39 is 0 Å². The van der Waals surface area contributed by atoms with Crippen molar-refractivity contribution >= 4 is 35.0 Å². The number of amides is 1. The van der Waals surface area contributed by atoms with Crippen molar-refractivity contribution in [2.75, 3.05) is 11.6 Å². The number of carbonyl (C=O) groups is 1. The molecule has 0 saturated carbocycles. The average Bonchev–Trinajstić information content (AvgIpc) is 3.00. The molecule has 0 saturated heterocycles. The minimum atomic E-state index is -0.310. The predicted octanol–water partition coefficient (Wildman–Crippen LogP) is 4.51. The van der Waals surface area contributed by atoms with Crippen LogP contribution >= 0.6 is 23.4 Å². The Morgan fingerprint density at radius 2 is 2.00 bits per heavy atom. The number of hydrogen-bond acceptors (Lipinski definition) is 4. The summed E-state index contributed by atoms with van der Waals surface area (Å²) in [5.74, 6) is -0.310. The summed E-state index contributed by atoms with van der Waals surface area (Å²) < 4.78 is 1.67. The third-order valence-electron chi connectivity index (χ3n) is 3.86. The molecule has 2 aromatic carbocycles. The van der Waals surface area contributed by atoms with Crippen LogP contribution in [0.25, 0.3) is 5.69 Å². The molecule has 128 valence electrons. The van der Waals surface area contributed by atoms with Crippen LogP contribution in [0.3, 0.4) is 0 Å². The maximum absolute atomic E-state index is 12.6. The van der Waals surface area contributed by atoms with Crippen molar-refractivity contribution < 1.29 is 4.79 Å². The molecule has 3 aromatic rings. The van der Waals surface area contributed by atoms with Gasteiger partial charge in [-0.2, -0.15) is 0 Å². The summed E-state index contributed by atoms with van der Waals surface area (Å²) in [5, 5.41) is 11.6. The Labute approximate surface area is 155 Å². The summed E-state index contributed by atoms with van der Waals surface area (Å²) in [4.78, 5) is 13.7. The largest absolute Gasteiger partial charge is 0.320 e. The summed E-state index contributed by atoms with van der Waals surface area (Å²) in [5.41, 5.74) is 3.42. The van der Waals surface area contributed by atoms with Crippen LogP contribution in [-0.2, 0) is 0 Å². The molecule has 0 spiro atoms. The van der Waals surface area contributed by atoms with Crippen molar-refractivity contribution in [2.24, 2.45) is 0 Å². The van der Waals surface area contributed by atoms with Gasteiger partial charge in [0.05, 0.1) is 11.4 Å². The highest BCUT2D eigenvalue weighted by Gasteiger charge is 2.18.